The predicted octanol–water partition coefficient (Wildman–Crippen LogP) is 4.18. The van der Waals surface area contributed by atoms with E-state index in [9.17, 15) is 0 Å². The molecule has 2 aliphatic rings. The van der Waals surface area contributed by atoms with Gasteiger partial charge >= 0.3 is 11.9 Å². The van der Waals surface area contributed by atoms with Crippen LogP contribution in [0.1, 0.15) is 35.9 Å². The number of carboxylic acids is 2. The van der Waals surface area contributed by atoms with E-state index >= 15 is 0 Å². The first-order valence-electron chi connectivity index (χ1n) is 11.9. The minimum atomic E-state index is -1.82. The third kappa shape index (κ3) is 6.16. The summed E-state index contributed by atoms with van der Waals surface area (Å²) in [5.74, 6) is -2.60. The van der Waals surface area contributed by atoms with Crippen LogP contribution in [0, 0.1) is 0 Å². The summed E-state index contributed by atoms with van der Waals surface area (Å²) < 4.78 is 9.10. The normalized spacial score (nSPS) is 17.8. The van der Waals surface area contributed by atoms with Crippen LogP contribution < -0.4 is 0 Å². The van der Waals surface area contributed by atoms with Crippen molar-refractivity contribution in [1.82, 2.24) is 14.5 Å². The molecule has 0 amide bonds. The molecule has 0 saturated carbocycles. The average molecular weight is 510 g/mol. The summed E-state index contributed by atoms with van der Waals surface area (Å²) in [6.45, 7) is 3.14. The van der Waals surface area contributed by atoms with Crippen molar-refractivity contribution in [2.24, 2.45) is 0 Å². The van der Waals surface area contributed by atoms with Crippen LogP contribution in [0.5, 0.6) is 0 Å². The Bertz CT molecular complexity index is 1190. The van der Waals surface area contributed by atoms with E-state index in [1.165, 1.54) is 21.6 Å². The van der Waals surface area contributed by atoms with Crippen molar-refractivity contribution in [3.8, 4) is 11.3 Å². The summed E-state index contributed by atoms with van der Waals surface area (Å²) in [5, 5.41) is 14.8. The number of hydrogen-bond donors (Lipinski definition) is 2. The molecule has 8 nitrogen and oxygen atoms in total. The lowest BCUT2D eigenvalue weighted by molar-refractivity contribution is -0.159. The average Bonchev–Trinajstić information content (AvgIpc) is 3.26. The number of aryl methyl sites for hydroxylation is 2. The van der Waals surface area contributed by atoms with Gasteiger partial charge in [0.1, 0.15) is 11.9 Å². The number of rotatable bonds is 4. The van der Waals surface area contributed by atoms with E-state index in [2.05, 4.69) is 77.5 Å². The highest BCUT2D eigenvalue weighted by Crippen LogP contribution is 2.36. The number of carboxylic acid groups (broad SMARTS) is 2. The van der Waals surface area contributed by atoms with Crippen molar-refractivity contribution >= 4 is 23.7 Å². The summed E-state index contributed by atoms with van der Waals surface area (Å²) in [7, 11) is 2.19. The van der Waals surface area contributed by atoms with E-state index in [4.69, 9.17) is 29.5 Å². The van der Waals surface area contributed by atoms with Gasteiger partial charge in [0, 0.05) is 36.3 Å². The molecule has 0 spiro atoms. The molecule has 0 aliphatic carbocycles. The van der Waals surface area contributed by atoms with Gasteiger partial charge in [-0.25, -0.2) is 14.6 Å². The van der Waals surface area contributed by atoms with Crippen molar-refractivity contribution in [3.05, 3.63) is 71.7 Å². The standard InChI is InChI=1S/C25H29N3OS.C2H2O4/c1-27-14-12-20(13-15-27)29-24-22-6-4-3-5-18(22)11-16-28-17-23(26-25(24)28)19-7-9-21(30-2)10-8-19;3-1(4)2(5)6/h3-10,17,20,24H,11-16H2,1-2H3;(H,3,4)(H,5,6). The third-order valence-electron chi connectivity index (χ3n) is 6.56. The fraction of sp³-hybridized carbons (Fsp3) is 0.370. The van der Waals surface area contributed by atoms with E-state index < -0.39 is 11.9 Å². The molecule has 5 rings (SSSR count). The van der Waals surface area contributed by atoms with E-state index in [1.807, 2.05) is 0 Å². The van der Waals surface area contributed by atoms with Crippen LogP contribution in [0.2, 0.25) is 0 Å². The molecule has 3 aromatic rings. The lowest BCUT2D eigenvalue weighted by atomic mass is 10.00. The van der Waals surface area contributed by atoms with Crippen LogP contribution >= 0.6 is 11.8 Å². The Hall–Kier alpha value is -3.14. The highest BCUT2D eigenvalue weighted by molar-refractivity contribution is 7.98. The summed E-state index contributed by atoms with van der Waals surface area (Å²) in [6.07, 6.45) is 7.68. The van der Waals surface area contributed by atoms with E-state index in [0.717, 1.165) is 50.4 Å². The van der Waals surface area contributed by atoms with Crippen LogP contribution in [0.15, 0.2) is 59.6 Å². The molecule has 1 atom stereocenters. The minimum Gasteiger partial charge on any atom is -0.473 e. The Balaban J connectivity index is 0.000000455. The molecule has 0 bridgehead atoms. The maximum Gasteiger partial charge on any atom is 0.414 e. The number of thioether (sulfide) groups is 1. The number of imidazole rings is 1. The van der Waals surface area contributed by atoms with Gasteiger partial charge < -0.3 is 24.4 Å². The number of nitrogens with zero attached hydrogens (tertiary/aromatic N) is 3. The van der Waals surface area contributed by atoms with Crippen LogP contribution in [0.25, 0.3) is 11.3 Å². The Labute approximate surface area is 214 Å². The topological polar surface area (TPSA) is 105 Å². The number of carbonyl (C=O) groups is 2. The van der Waals surface area contributed by atoms with Gasteiger partial charge in [-0.05, 0) is 55.8 Å². The number of aliphatic carboxylic acids is 2. The maximum absolute atomic E-state index is 9.10. The molecule has 2 aromatic carbocycles. The first-order valence-corrected chi connectivity index (χ1v) is 13.2. The Morgan fingerprint density at radius 1 is 1.00 bits per heavy atom. The zero-order chi connectivity index (χ0) is 25.7. The number of piperidine rings is 1. The first kappa shape index (κ1) is 25.9. The summed E-state index contributed by atoms with van der Waals surface area (Å²) in [6, 6.07) is 17.4. The number of hydrogen-bond acceptors (Lipinski definition) is 6. The fourth-order valence-corrected chi connectivity index (χ4v) is 4.97. The number of benzene rings is 2. The fourth-order valence-electron chi connectivity index (χ4n) is 4.56. The molecule has 9 heteroatoms. The third-order valence-corrected chi connectivity index (χ3v) is 7.31. The number of likely N-dealkylation sites (tertiary alicyclic amines) is 1. The zero-order valence-electron chi connectivity index (χ0n) is 20.5. The Morgan fingerprint density at radius 3 is 2.31 bits per heavy atom. The molecule has 2 aliphatic heterocycles. The minimum absolute atomic E-state index is 0.101. The highest BCUT2D eigenvalue weighted by atomic mass is 32.2. The summed E-state index contributed by atoms with van der Waals surface area (Å²) in [4.78, 5) is 27.0. The Kier molecular flexibility index (Phi) is 8.45. The summed E-state index contributed by atoms with van der Waals surface area (Å²) >= 11 is 1.77. The van der Waals surface area contributed by atoms with Gasteiger partial charge in [-0.3, -0.25) is 0 Å². The van der Waals surface area contributed by atoms with Gasteiger partial charge in [-0.15, -0.1) is 11.8 Å². The maximum atomic E-state index is 9.10. The number of aromatic nitrogens is 2. The number of fused-ring (bicyclic) bond motifs is 2. The van der Waals surface area contributed by atoms with Crippen molar-refractivity contribution < 1.29 is 24.5 Å². The SMILES string of the molecule is CSc1ccc(-c2cn3c(n2)C(OC2CCN(C)CC2)c2ccccc2CC3)cc1.O=C(O)C(=O)O. The van der Waals surface area contributed by atoms with Crippen LogP contribution in [-0.4, -0.2) is 69.1 Å². The predicted molar refractivity (Wildman–Crippen MR) is 138 cm³/mol. The van der Waals surface area contributed by atoms with E-state index in [0.29, 0.717) is 0 Å². The second-order valence-corrected chi connectivity index (χ2v) is 9.86. The largest absolute Gasteiger partial charge is 0.473 e. The molecule has 1 saturated heterocycles. The molecule has 190 valence electrons. The second-order valence-electron chi connectivity index (χ2n) is 8.98. The lowest BCUT2D eigenvalue weighted by Crippen LogP contribution is -2.35. The van der Waals surface area contributed by atoms with Crippen LogP contribution in [0.4, 0.5) is 0 Å². The van der Waals surface area contributed by atoms with Crippen LogP contribution in [-0.2, 0) is 27.3 Å². The van der Waals surface area contributed by atoms with Gasteiger partial charge in [0.15, 0.2) is 0 Å². The van der Waals surface area contributed by atoms with E-state index in [-0.39, 0.29) is 12.2 Å². The monoisotopic (exact) mass is 509 g/mol. The number of ether oxygens (including phenoxy) is 1. The molecule has 2 N–H and O–H groups in total. The zero-order valence-corrected chi connectivity index (χ0v) is 21.3. The molecular formula is C27H31N3O5S. The Morgan fingerprint density at radius 2 is 1.67 bits per heavy atom. The van der Waals surface area contributed by atoms with Gasteiger partial charge in [0.05, 0.1) is 11.8 Å². The van der Waals surface area contributed by atoms with Gasteiger partial charge in [-0.2, -0.15) is 0 Å². The smallest absolute Gasteiger partial charge is 0.414 e. The first-order chi connectivity index (χ1) is 17.4. The van der Waals surface area contributed by atoms with Crippen molar-refractivity contribution in [1.29, 1.82) is 0 Å². The highest BCUT2D eigenvalue weighted by Gasteiger charge is 2.30. The van der Waals surface area contributed by atoms with Gasteiger partial charge in [0.25, 0.3) is 0 Å². The van der Waals surface area contributed by atoms with Gasteiger partial charge in [0.2, 0.25) is 0 Å². The molecule has 0 radical (unpaired) electrons. The molecule has 1 unspecified atom stereocenters. The molecule has 1 aromatic heterocycles. The lowest BCUT2D eigenvalue weighted by Gasteiger charge is -2.32. The van der Waals surface area contributed by atoms with Gasteiger partial charge in [-0.1, -0.05) is 36.4 Å². The quantitative estimate of drug-likeness (QED) is 0.399. The molecule has 3 heterocycles. The van der Waals surface area contributed by atoms with Crippen molar-refractivity contribution in [2.45, 2.75) is 42.9 Å². The van der Waals surface area contributed by atoms with Crippen molar-refractivity contribution in [3.63, 3.8) is 0 Å². The second kappa shape index (κ2) is 11.7. The molecule has 36 heavy (non-hydrogen) atoms. The van der Waals surface area contributed by atoms with Crippen LogP contribution in [0.3, 0.4) is 0 Å². The van der Waals surface area contributed by atoms with E-state index in [1.54, 1.807) is 11.8 Å². The van der Waals surface area contributed by atoms with Crippen molar-refractivity contribution in [2.75, 3.05) is 26.4 Å². The molecular weight excluding hydrogens is 478 g/mol. The summed E-state index contributed by atoms with van der Waals surface area (Å²) in [5.41, 5.74) is 4.87. The molecule has 1 fully saturated rings.